The van der Waals surface area contributed by atoms with Crippen molar-refractivity contribution >= 4 is 23.2 Å². The van der Waals surface area contributed by atoms with E-state index in [1.807, 2.05) is 32.0 Å². The molecule has 0 spiro atoms. The van der Waals surface area contributed by atoms with Gasteiger partial charge in [-0.15, -0.1) is 0 Å². The molecule has 0 saturated carbocycles. The predicted octanol–water partition coefficient (Wildman–Crippen LogP) is 5.85. The number of benzene rings is 2. The van der Waals surface area contributed by atoms with Crippen LogP contribution in [0.5, 0.6) is 0 Å². The molecule has 4 heteroatoms. The van der Waals surface area contributed by atoms with Gasteiger partial charge in [0, 0.05) is 23.4 Å². The number of nitrogens with one attached hydrogen (secondary N) is 2. The zero-order valence-corrected chi connectivity index (χ0v) is 16.6. The van der Waals surface area contributed by atoms with Crippen molar-refractivity contribution in [2.45, 2.75) is 59.3 Å². The molecule has 2 aromatic rings. The summed E-state index contributed by atoms with van der Waals surface area (Å²) in [5.74, 6) is -0.130. The second-order valence-corrected chi connectivity index (χ2v) is 7.06. The number of carbonyl (C=O) groups is 2. The minimum atomic E-state index is -0.157. The summed E-state index contributed by atoms with van der Waals surface area (Å²) in [5, 5.41) is 5.83. The van der Waals surface area contributed by atoms with Crippen molar-refractivity contribution in [1.29, 1.82) is 0 Å². The smallest absolute Gasteiger partial charge is 0.255 e. The third kappa shape index (κ3) is 6.89. The van der Waals surface area contributed by atoms with Crippen LogP contribution in [0.3, 0.4) is 0 Å². The first-order valence-corrected chi connectivity index (χ1v) is 9.78. The summed E-state index contributed by atoms with van der Waals surface area (Å²) in [4.78, 5) is 24.4. The molecule has 0 heterocycles. The molecule has 0 radical (unpaired) electrons. The highest BCUT2D eigenvalue weighted by Crippen LogP contribution is 2.18. The molecular formula is C23H30N2O2. The molecule has 2 amide bonds. The normalized spacial score (nSPS) is 10.5. The van der Waals surface area contributed by atoms with Crippen LogP contribution in [0.15, 0.2) is 42.5 Å². The molecular weight excluding hydrogens is 336 g/mol. The van der Waals surface area contributed by atoms with Crippen LogP contribution in [0, 0.1) is 13.8 Å². The Kier molecular flexibility index (Phi) is 8.05. The maximum Gasteiger partial charge on any atom is 0.255 e. The monoisotopic (exact) mass is 366 g/mol. The van der Waals surface area contributed by atoms with Crippen LogP contribution in [-0.2, 0) is 4.79 Å². The Morgan fingerprint density at radius 3 is 2.22 bits per heavy atom. The van der Waals surface area contributed by atoms with Crippen molar-refractivity contribution in [2.75, 3.05) is 10.6 Å². The number of unbranched alkanes of at least 4 members (excludes halogenated alkanes) is 4. The summed E-state index contributed by atoms with van der Waals surface area (Å²) < 4.78 is 0. The number of hydrogen-bond acceptors (Lipinski definition) is 2. The predicted molar refractivity (Wildman–Crippen MR) is 112 cm³/mol. The number of aryl methyl sites for hydroxylation is 2. The Labute approximate surface area is 162 Å². The van der Waals surface area contributed by atoms with Crippen molar-refractivity contribution < 1.29 is 9.59 Å². The summed E-state index contributed by atoms with van der Waals surface area (Å²) in [7, 11) is 0. The first kappa shape index (κ1) is 20.7. The molecule has 0 fully saturated rings. The molecule has 0 atom stereocenters. The van der Waals surface area contributed by atoms with Gasteiger partial charge in [0.15, 0.2) is 0 Å². The Bertz CT molecular complexity index is 766. The van der Waals surface area contributed by atoms with Crippen LogP contribution in [0.2, 0.25) is 0 Å². The van der Waals surface area contributed by atoms with Gasteiger partial charge in [-0.1, -0.05) is 50.3 Å². The van der Waals surface area contributed by atoms with E-state index in [9.17, 15) is 9.59 Å². The average Bonchev–Trinajstić information content (AvgIpc) is 2.64. The van der Waals surface area contributed by atoms with Gasteiger partial charge < -0.3 is 10.6 Å². The van der Waals surface area contributed by atoms with Crippen LogP contribution in [0.25, 0.3) is 0 Å². The zero-order valence-electron chi connectivity index (χ0n) is 16.6. The van der Waals surface area contributed by atoms with E-state index in [0.29, 0.717) is 12.0 Å². The van der Waals surface area contributed by atoms with Gasteiger partial charge >= 0.3 is 0 Å². The lowest BCUT2D eigenvalue weighted by Crippen LogP contribution is -2.14. The van der Waals surface area contributed by atoms with Crippen LogP contribution in [0.4, 0.5) is 11.4 Å². The summed E-state index contributed by atoms with van der Waals surface area (Å²) in [5.41, 5.74) is 4.29. The standard InChI is InChI=1S/C23H30N2O2/c1-4-5-6-7-8-9-22(26)24-20-13-11-19(12-14-20)23(27)25-21-15-10-17(2)16-18(21)3/h10-16H,4-9H2,1-3H3,(H,24,26)(H,25,27). The van der Waals surface area contributed by atoms with Gasteiger partial charge in [-0.3, -0.25) is 9.59 Å². The highest BCUT2D eigenvalue weighted by molar-refractivity contribution is 6.05. The lowest BCUT2D eigenvalue weighted by atomic mass is 10.1. The van der Waals surface area contributed by atoms with E-state index in [1.54, 1.807) is 24.3 Å². The first-order valence-electron chi connectivity index (χ1n) is 9.78. The van der Waals surface area contributed by atoms with Gasteiger partial charge in [-0.2, -0.15) is 0 Å². The molecule has 27 heavy (non-hydrogen) atoms. The summed E-state index contributed by atoms with van der Waals surface area (Å²) in [6.07, 6.45) is 6.18. The number of rotatable bonds is 9. The molecule has 2 rings (SSSR count). The van der Waals surface area contributed by atoms with Crippen molar-refractivity contribution in [3.05, 3.63) is 59.2 Å². The number of carbonyl (C=O) groups excluding carboxylic acids is 2. The fraction of sp³-hybridized carbons (Fsp3) is 0.391. The minimum absolute atomic E-state index is 0.0268. The van der Waals surface area contributed by atoms with Gasteiger partial charge in [0.1, 0.15) is 0 Å². The molecule has 0 aromatic heterocycles. The van der Waals surface area contributed by atoms with Gasteiger partial charge in [0.2, 0.25) is 5.91 Å². The molecule has 2 N–H and O–H groups in total. The van der Waals surface area contributed by atoms with E-state index in [0.717, 1.165) is 35.3 Å². The Balaban J connectivity index is 1.85. The molecule has 144 valence electrons. The molecule has 2 aromatic carbocycles. The molecule has 0 saturated heterocycles. The van der Waals surface area contributed by atoms with Gasteiger partial charge in [0.25, 0.3) is 5.91 Å². The van der Waals surface area contributed by atoms with Gasteiger partial charge in [-0.25, -0.2) is 0 Å². The van der Waals surface area contributed by atoms with Gasteiger partial charge in [-0.05, 0) is 56.2 Å². The number of hydrogen-bond donors (Lipinski definition) is 2. The second kappa shape index (κ2) is 10.5. The number of amides is 2. The van der Waals surface area contributed by atoms with Crippen molar-refractivity contribution in [1.82, 2.24) is 0 Å². The lowest BCUT2D eigenvalue weighted by Gasteiger charge is -2.10. The fourth-order valence-electron chi connectivity index (χ4n) is 2.97. The maximum absolute atomic E-state index is 12.4. The van der Waals surface area contributed by atoms with E-state index in [1.165, 1.54) is 19.3 Å². The van der Waals surface area contributed by atoms with Crippen LogP contribution < -0.4 is 10.6 Å². The topological polar surface area (TPSA) is 58.2 Å². The summed E-state index contributed by atoms with van der Waals surface area (Å²) >= 11 is 0. The molecule has 0 unspecified atom stereocenters. The van der Waals surface area contributed by atoms with Crippen LogP contribution in [-0.4, -0.2) is 11.8 Å². The number of anilines is 2. The second-order valence-electron chi connectivity index (χ2n) is 7.06. The van der Waals surface area contributed by atoms with E-state index >= 15 is 0 Å². The molecule has 0 bridgehead atoms. The van der Waals surface area contributed by atoms with Crippen LogP contribution in [0.1, 0.15) is 66.9 Å². The van der Waals surface area contributed by atoms with E-state index in [-0.39, 0.29) is 11.8 Å². The third-order valence-corrected chi connectivity index (χ3v) is 4.57. The molecule has 0 aliphatic carbocycles. The highest BCUT2D eigenvalue weighted by atomic mass is 16.2. The quantitative estimate of drug-likeness (QED) is 0.547. The molecule has 0 aliphatic rings. The van der Waals surface area contributed by atoms with E-state index in [2.05, 4.69) is 17.6 Å². The fourth-order valence-corrected chi connectivity index (χ4v) is 2.97. The zero-order chi connectivity index (χ0) is 19.6. The Hall–Kier alpha value is -2.62. The summed E-state index contributed by atoms with van der Waals surface area (Å²) in [6, 6.07) is 12.9. The first-order chi connectivity index (χ1) is 13.0. The Morgan fingerprint density at radius 1 is 0.852 bits per heavy atom. The van der Waals surface area contributed by atoms with Gasteiger partial charge in [0.05, 0.1) is 0 Å². The largest absolute Gasteiger partial charge is 0.326 e. The van der Waals surface area contributed by atoms with Crippen molar-refractivity contribution in [3.8, 4) is 0 Å². The van der Waals surface area contributed by atoms with Crippen molar-refractivity contribution in [2.24, 2.45) is 0 Å². The van der Waals surface area contributed by atoms with Crippen molar-refractivity contribution in [3.63, 3.8) is 0 Å². The van der Waals surface area contributed by atoms with E-state index in [4.69, 9.17) is 0 Å². The lowest BCUT2D eigenvalue weighted by molar-refractivity contribution is -0.116. The highest BCUT2D eigenvalue weighted by Gasteiger charge is 2.09. The Morgan fingerprint density at radius 2 is 1.56 bits per heavy atom. The van der Waals surface area contributed by atoms with Crippen LogP contribution >= 0.6 is 0 Å². The minimum Gasteiger partial charge on any atom is -0.326 e. The summed E-state index contributed by atoms with van der Waals surface area (Å²) in [6.45, 7) is 6.18. The molecule has 0 aliphatic heterocycles. The maximum atomic E-state index is 12.4. The third-order valence-electron chi connectivity index (χ3n) is 4.57. The SMILES string of the molecule is CCCCCCCC(=O)Nc1ccc(C(=O)Nc2ccc(C)cc2C)cc1. The molecule has 4 nitrogen and oxygen atoms in total. The van der Waals surface area contributed by atoms with E-state index < -0.39 is 0 Å². The average molecular weight is 367 g/mol.